The second-order valence-electron chi connectivity index (χ2n) is 5.68. The van der Waals surface area contributed by atoms with Crippen molar-refractivity contribution in [1.82, 2.24) is 0 Å². The quantitative estimate of drug-likeness (QED) is 0.457. The lowest BCUT2D eigenvalue weighted by Gasteiger charge is -2.06. The second kappa shape index (κ2) is 7.19. The number of hydrogen-bond donors (Lipinski definition) is 0. The number of carbonyl (C=O) groups excluding carboxylic acids is 1. The largest absolute Gasteiger partial charge is 0.493 e. The molecule has 0 aliphatic carbocycles. The number of alkyl halides is 3. The van der Waals surface area contributed by atoms with Crippen molar-refractivity contribution in [3.63, 3.8) is 0 Å². The Labute approximate surface area is 152 Å². The van der Waals surface area contributed by atoms with Crippen LogP contribution < -0.4 is 4.74 Å². The van der Waals surface area contributed by atoms with Gasteiger partial charge in [0.15, 0.2) is 11.3 Å². The zero-order valence-electron chi connectivity index (χ0n) is 14.5. The Morgan fingerprint density at radius 3 is 2.37 bits per heavy atom. The van der Waals surface area contributed by atoms with E-state index in [-0.39, 0.29) is 0 Å². The molecule has 0 N–H and O–H groups in total. The van der Waals surface area contributed by atoms with Crippen LogP contribution in [-0.4, -0.2) is 20.2 Å². The number of carbonyl (C=O) groups is 1. The minimum absolute atomic E-state index is 0.408. The summed E-state index contributed by atoms with van der Waals surface area (Å²) in [6.45, 7) is 0. The molecule has 2 aromatic carbocycles. The molecule has 27 heavy (non-hydrogen) atoms. The molecule has 0 atom stereocenters. The summed E-state index contributed by atoms with van der Waals surface area (Å²) in [4.78, 5) is 11.3. The van der Waals surface area contributed by atoms with Crippen molar-refractivity contribution >= 4 is 23.0 Å². The topological polar surface area (TPSA) is 48.7 Å². The third-order valence-corrected chi connectivity index (χ3v) is 3.93. The highest BCUT2D eigenvalue weighted by Crippen LogP contribution is 2.36. The number of benzene rings is 2. The van der Waals surface area contributed by atoms with E-state index in [0.717, 1.165) is 12.1 Å². The summed E-state index contributed by atoms with van der Waals surface area (Å²) >= 11 is 0. The molecular weight excluding hydrogens is 361 g/mol. The average Bonchev–Trinajstić information content (AvgIpc) is 3.08. The van der Waals surface area contributed by atoms with E-state index in [2.05, 4.69) is 4.74 Å². The van der Waals surface area contributed by atoms with Gasteiger partial charge in [-0.2, -0.15) is 13.2 Å². The molecule has 0 aliphatic rings. The van der Waals surface area contributed by atoms with E-state index in [9.17, 15) is 18.0 Å². The fourth-order valence-electron chi connectivity index (χ4n) is 2.59. The Bertz CT molecular complexity index is 998. The molecule has 7 heteroatoms. The molecule has 0 radical (unpaired) electrons. The molecule has 0 bridgehead atoms. The van der Waals surface area contributed by atoms with Gasteiger partial charge in [-0.1, -0.05) is 12.1 Å². The number of halogens is 3. The molecule has 0 saturated carbocycles. The minimum Gasteiger partial charge on any atom is -0.493 e. The van der Waals surface area contributed by atoms with Crippen LogP contribution in [0.1, 0.15) is 11.1 Å². The van der Waals surface area contributed by atoms with Crippen molar-refractivity contribution in [1.29, 1.82) is 0 Å². The van der Waals surface area contributed by atoms with E-state index in [1.54, 1.807) is 24.3 Å². The lowest BCUT2D eigenvalue weighted by atomic mass is 10.1. The van der Waals surface area contributed by atoms with E-state index >= 15 is 0 Å². The van der Waals surface area contributed by atoms with Crippen LogP contribution in [-0.2, 0) is 15.7 Å². The van der Waals surface area contributed by atoms with Gasteiger partial charge < -0.3 is 13.9 Å². The maximum absolute atomic E-state index is 12.7. The van der Waals surface area contributed by atoms with Gasteiger partial charge in [0.25, 0.3) is 0 Å². The summed E-state index contributed by atoms with van der Waals surface area (Å²) in [5.41, 5.74) is 0.926. The molecule has 1 heterocycles. The van der Waals surface area contributed by atoms with Gasteiger partial charge in [-0.05, 0) is 42.0 Å². The lowest BCUT2D eigenvalue weighted by molar-refractivity contribution is -0.137. The van der Waals surface area contributed by atoms with Crippen molar-refractivity contribution < 1.29 is 31.9 Å². The molecule has 3 rings (SSSR count). The fraction of sp³-hybridized carbons (Fsp3) is 0.150. The van der Waals surface area contributed by atoms with Gasteiger partial charge in [-0.15, -0.1) is 0 Å². The van der Waals surface area contributed by atoms with Crippen molar-refractivity contribution in [2.24, 2.45) is 0 Å². The first-order chi connectivity index (χ1) is 12.8. The zero-order valence-corrected chi connectivity index (χ0v) is 14.5. The summed E-state index contributed by atoms with van der Waals surface area (Å²) < 4.78 is 53.8. The highest BCUT2D eigenvalue weighted by molar-refractivity contribution is 5.92. The first-order valence-electron chi connectivity index (χ1n) is 7.87. The normalized spacial score (nSPS) is 11.9. The molecule has 0 aliphatic heterocycles. The number of fused-ring (bicyclic) bond motifs is 1. The van der Waals surface area contributed by atoms with E-state index in [1.807, 2.05) is 0 Å². The molecule has 0 saturated heterocycles. The number of hydrogen-bond acceptors (Lipinski definition) is 4. The standard InChI is InChI=1S/C20H15F3O4/c1-25-17-10-12(3-8-18(24)26-2)9-14-11-16(27-19(14)17)13-4-6-15(7-5-13)20(21,22)23/h3-11H,1-2H3/b8-3+. The first-order valence-corrected chi connectivity index (χ1v) is 7.87. The van der Waals surface area contributed by atoms with Crippen molar-refractivity contribution in [3.05, 3.63) is 59.7 Å². The Kier molecular flexibility index (Phi) is 4.94. The molecule has 4 nitrogen and oxygen atoms in total. The number of esters is 1. The van der Waals surface area contributed by atoms with Crippen molar-refractivity contribution in [2.45, 2.75) is 6.18 Å². The summed E-state index contributed by atoms with van der Waals surface area (Å²) in [6, 6.07) is 9.87. The van der Waals surface area contributed by atoms with Crippen LogP contribution in [0.2, 0.25) is 0 Å². The highest BCUT2D eigenvalue weighted by atomic mass is 19.4. The third kappa shape index (κ3) is 3.97. The van der Waals surface area contributed by atoms with Gasteiger partial charge >= 0.3 is 12.1 Å². The van der Waals surface area contributed by atoms with E-state index in [1.165, 1.54) is 32.4 Å². The number of rotatable bonds is 4. The minimum atomic E-state index is -4.39. The number of ether oxygens (including phenoxy) is 2. The summed E-state index contributed by atoms with van der Waals surface area (Å²) in [6.07, 6.45) is -1.55. The van der Waals surface area contributed by atoms with E-state index in [4.69, 9.17) is 9.15 Å². The van der Waals surface area contributed by atoms with Gasteiger partial charge in [0.2, 0.25) is 0 Å². The molecule has 140 valence electrons. The molecule has 3 aromatic rings. The maximum atomic E-state index is 12.7. The summed E-state index contributed by atoms with van der Waals surface area (Å²) in [5, 5.41) is 0.689. The second-order valence-corrected chi connectivity index (χ2v) is 5.68. The molecule has 1 aromatic heterocycles. The van der Waals surface area contributed by atoms with Gasteiger partial charge in [0.05, 0.1) is 19.8 Å². The van der Waals surface area contributed by atoms with Crippen molar-refractivity contribution in [3.8, 4) is 17.1 Å². The van der Waals surface area contributed by atoms with Gasteiger partial charge in [0.1, 0.15) is 5.76 Å². The molecule has 0 fully saturated rings. The van der Waals surface area contributed by atoms with Gasteiger partial charge in [-0.3, -0.25) is 0 Å². The average molecular weight is 376 g/mol. The zero-order chi connectivity index (χ0) is 19.6. The van der Waals surface area contributed by atoms with Gasteiger partial charge in [0, 0.05) is 17.0 Å². The molecular formula is C20H15F3O4. The molecule has 0 spiro atoms. The Hall–Kier alpha value is -3.22. The van der Waals surface area contributed by atoms with E-state index < -0.39 is 17.7 Å². The highest BCUT2D eigenvalue weighted by Gasteiger charge is 2.30. The predicted octanol–water partition coefficient (Wildman–Crippen LogP) is 5.31. The lowest BCUT2D eigenvalue weighted by Crippen LogP contribution is -2.03. The van der Waals surface area contributed by atoms with Crippen LogP contribution in [0.15, 0.2) is 53.0 Å². The summed E-state index contributed by atoms with van der Waals surface area (Å²) in [7, 11) is 2.76. The van der Waals surface area contributed by atoms with Crippen LogP contribution in [0.25, 0.3) is 28.4 Å². The van der Waals surface area contributed by atoms with Crippen LogP contribution in [0.5, 0.6) is 5.75 Å². The van der Waals surface area contributed by atoms with Crippen LogP contribution in [0.3, 0.4) is 0 Å². The van der Waals surface area contributed by atoms with Crippen molar-refractivity contribution in [2.75, 3.05) is 14.2 Å². The maximum Gasteiger partial charge on any atom is 0.416 e. The van der Waals surface area contributed by atoms with E-state index in [0.29, 0.717) is 33.6 Å². The number of furan rings is 1. The Morgan fingerprint density at radius 1 is 1.07 bits per heavy atom. The first kappa shape index (κ1) is 18.6. The van der Waals surface area contributed by atoms with Crippen LogP contribution in [0, 0.1) is 0 Å². The Balaban J connectivity index is 2.01. The summed E-state index contributed by atoms with van der Waals surface area (Å²) in [5.74, 6) is 0.355. The molecule has 0 amide bonds. The Morgan fingerprint density at radius 2 is 1.78 bits per heavy atom. The smallest absolute Gasteiger partial charge is 0.416 e. The molecule has 0 unspecified atom stereocenters. The predicted molar refractivity (Wildman–Crippen MR) is 94.3 cm³/mol. The fourth-order valence-corrected chi connectivity index (χ4v) is 2.59. The van der Waals surface area contributed by atoms with Crippen LogP contribution >= 0.6 is 0 Å². The SMILES string of the molecule is COC(=O)/C=C/c1cc(OC)c2oc(-c3ccc(C(F)(F)F)cc3)cc2c1. The van der Waals surface area contributed by atoms with Gasteiger partial charge in [-0.25, -0.2) is 4.79 Å². The number of methoxy groups -OCH3 is 2. The monoisotopic (exact) mass is 376 g/mol. The van der Waals surface area contributed by atoms with Crippen LogP contribution in [0.4, 0.5) is 13.2 Å². The third-order valence-electron chi connectivity index (χ3n) is 3.93.